The summed E-state index contributed by atoms with van der Waals surface area (Å²) in [4.78, 5) is 13.7. The number of hydrogen-bond acceptors (Lipinski definition) is 4. The highest BCUT2D eigenvalue weighted by atomic mass is 19.1. The number of nitrogens with zero attached hydrogens (tertiary/aromatic N) is 4. The molecule has 2 rings (SSSR count). The first-order chi connectivity index (χ1) is 7.77. The van der Waals surface area contributed by atoms with Crippen LogP contribution in [0.1, 0.15) is 5.69 Å². The van der Waals surface area contributed by atoms with Crippen LogP contribution in [0.4, 0.5) is 10.2 Å². The molecule has 0 bridgehead atoms. The summed E-state index contributed by atoms with van der Waals surface area (Å²) in [5.41, 5.74) is 0.773. The van der Waals surface area contributed by atoms with Crippen molar-refractivity contribution in [3.63, 3.8) is 0 Å². The zero-order chi connectivity index (χ0) is 11.4. The van der Waals surface area contributed by atoms with Gasteiger partial charge < -0.3 is 4.90 Å². The monoisotopic (exact) mass is 218 g/mol. The summed E-state index contributed by atoms with van der Waals surface area (Å²) < 4.78 is 13.4. The number of halogens is 1. The topological polar surface area (TPSA) is 41.9 Å². The minimum absolute atomic E-state index is 0.313. The Morgan fingerprint density at radius 2 is 2.12 bits per heavy atom. The molecule has 0 amide bonds. The second-order valence-electron chi connectivity index (χ2n) is 3.36. The summed E-state index contributed by atoms with van der Waals surface area (Å²) in [6.45, 7) is 0.474. The van der Waals surface area contributed by atoms with E-state index in [1.54, 1.807) is 42.8 Å². The zero-order valence-corrected chi connectivity index (χ0v) is 8.84. The Kier molecular flexibility index (Phi) is 3.05. The third-order valence-electron chi connectivity index (χ3n) is 2.12. The molecule has 0 aliphatic carbocycles. The summed E-state index contributed by atoms with van der Waals surface area (Å²) in [7, 11) is 1.76. The minimum Gasteiger partial charge on any atom is -0.351 e. The van der Waals surface area contributed by atoms with Crippen LogP contribution in [0.25, 0.3) is 0 Å². The molecule has 2 heterocycles. The van der Waals surface area contributed by atoms with E-state index in [4.69, 9.17) is 0 Å². The van der Waals surface area contributed by atoms with Crippen molar-refractivity contribution < 1.29 is 4.39 Å². The van der Waals surface area contributed by atoms with Gasteiger partial charge in [0.25, 0.3) is 0 Å². The van der Waals surface area contributed by atoms with Gasteiger partial charge >= 0.3 is 0 Å². The molecule has 0 fully saturated rings. The van der Waals surface area contributed by atoms with Gasteiger partial charge in [0.05, 0.1) is 18.4 Å². The molecule has 0 N–H and O–H groups in total. The molecular weight excluding hydrogens is 207 g/mol. The number of aromatic nitrogens is 3. The van der Waals surface area contributed by atoms with E-state index in [2.05, 4.69) is 15.0 Å². The summed E-state index contributed by atoms with van der Waals surface area (Å²) in [6, 6.07) is 2.95. The Morgan fingerprint density at radius 3 is 2.81 bits per heavy atom. The Bertz CT molecular complexity index is 461. The lowest BCUT2D eigenvalue weighted by Gasteiger charge is -2.17. The molecule has 82 valence electrons. The molecule has 4 nitrogen and oxygen atoms in total. The van der Waals surface area contributed by atoms with Crippen LogP contribution in [-0.4, -0.2) is 22.0 Å². The molecule has 16 heavy (non-hydrogen) atoms. The van der Waals surface area contributed by atoms with E-state index in [1.807, 2.05) is 0 Å². The number of hydrogen-bond donors (Lipinski definition) is 0. The molecular formula is C11H11FN4. The second kappa shape index (κ2) is 4.65. The zero-order valence-electron chi connectivity index (χ0n) is 8.84. The van der Waals surface area contributed by atoms with Crippen LogP contribution in [0.5, 0.6) is 0 Å². The Morgan fingerprint density at radius 1 is 1.25 bits per heavy atom. The van der Waals surface area contributed by atoms with Crippen molar-refractivity contribution in [1.29, 1.82) is 0 Å². The predicted molar refractivity (Wildman–Crippen MR) is 58.3 cm³/mol. The van der Waals surface area contributed by atoms with Crippen molar-refractivity contribution in [2.45, 2.75) is 6.54 Å². The molecule has 0 saturated heterocycles. The van der Waals surface area contributed by atoms with E-state index in [1.165, 1.54) is 6.07 Å². The van der Waals surface area contributed by atoms with Crippen LogP contribution >= 0.6 is 0 Å². The van der Waals surface area contributed by atoms with Crippen LogP contribution in [0.2, 0.25) is 0 Å². The molecule has 0 radical (unpaired) electrons. The summed E-state index contributed by atoms with van der Waals surface area (Å²) in [6.07, 6.45) is 6.42. The average Bonchev–Trinajstić information content (AvgIpc) is 2.31. The van der Waals surface area contributed by atoms with Gasteiger partial charge in [0.1, 0.15) is 0 Å². The van der Waals surface area contributed by atoms with Crippen molar-refractivity contribution >= 4 is 5.82 Å². The minimum atomic E-state index is -0.339. The molecule has 0 spiro atoms. The van der Waals surface area contributed by atoms with Gasteiger partial charge in [-0.2, -0.15) is 0 Å². The van der Waals surface area contributed by atoms with Crippen LogP contribution in [0.15, 0.2) is 36.9 Å². The van der Waals surface area contributed by atoms with Crippen LogP contribution in [0, 0.1) is 5.82 Å². The smallest absolute Gasteiger partial charge is 0.165 e. The fourth-order valence-corrected chi connectivity index (χ4v) is 1.39. The normalized spacial score (nSPS) is 10.1. The largest absolute Gasteiger partial charge is 0.351 e. The molecule has 2 aromatic heterocycles. The van der Waals surface area contributed by atoms with Crippen molar-refractivity contribution in [1.82, 2.24) is 15.0 Å². The van der Waals surface area contributed by atoms with E-state index < -0.39 is 0 Å². The average molecular weight is 218 g/mol. The van der Waals surface area contributed by atoms with Crippen molar-refractivity contribution in [3.8, 4) is 0 Å². The fourth-order valence-electron chi connectivity index (χ4n) is 1.39. The van der Waals surface area contributed by atoms with E-state index in [9.17, 15) is 4.39 Å². The third kappa shape index (κ3) is 2.31. The second-order valence-corrected chi connectivity index (χ2v) is 3.36. The highest BCUT2D eigenvalue weighted by Crippen LogP contribution is 2.14. The Labute approximate surface area is 92.8 Å². The molecule has 5 heteroatoms. The first kappa shape index (κ1) is 10.5. The van der Waals surface area contributed by atoms with Crippen molar-refractivity contribution in [2.24, 2.45) is 0 Å². The van der Waals surface area contributed by atoms with Gasteiger partial charge in [-0.3, -0.25) is 9.97 Å². The van der Waals surface area contributed by atoms with E-state index in [0.717, 1.165) is 5.69 Å². The van der Waals surface area contributed by atoms with Crippen LogP contribution in [-0.2, 0) is 6.54 Å². The van der Waals surface area contributed by atoms with Crippen LogP contribution in [0.3, 0.4) is 0 Å². The van der Waals surface area contributed by atoms with E-state index >= 15 is 0 Å². The van der Waals surface area contributed by atoms with E-state index in [-0.39, 0.29) is 5.82 Å². The lowest BCUT2D eigenvalue weighted by atomic mass is 10.3. The first-order valence-corrected chi connectivity index (χ1v) is 4.84. The van der Waals surface area contributed by atoms with Crippen molar-refractivity contribution in [3.05, 3.63) is 48.4 Å². The van der Waals surface area contributed by atoms with Crippen LogP contribution < -0.4 is 4.90 Å². The molecule has 0 aliphatic rings. The van der Waals surface area contributed by atoms with Gasteiger partial charge in [0, 0.05) is 25.6 Å². The maximum absolute atomic E-state index is 13.4. The summed E-state index contributed by atoms with van der Waals surface area (Å²) in [5.74, 6) is -0.0259. The highest BCUT2D eigenvalue weighted by Gasteiger charge is 2.08. The van der Waals surface area contributed by atoms with Gasteiger partial charge in [0.2, 0.25) is 0 Å². The number of anilines is 1. The Hall–Kier alpha value is -2.04. The molecule has 2 aromatic rings. The standard InChI is InChI=1S/C11H11FN4/c1-16(8-9-7-13-5-6-14-9)11-10(12)3-2-4-15-11/h2-7H,8H2,1H3. The summed E-state index contributed by atoms with van der Waals surface area (Å²) >= 11 is 0. The van der Waals surface area contributed by atoms with E-state index in [0.29, 0.717) is 12.4 Å². The fraction of sp³-hybridized carbons (Fsp3) is 0.182. The van der Waals surface area contributed by atoms with Gasteiger partial charge in [-0.25, -0.2) is 9.37 Å². The number of pyridine rings is 1. The lowest BCUT2D eigenvalue weighted by molar-refractivity contribution is 0.614. The quantitative estimate of drug-likeness (QED) is 0.785. The van der Waals surface area contributed by atoms with Gasteiger partial charge in [-0.15, -0.1) is 0 Å². The molecule has 0 unspecified atom stereocenters. The maximum atomic E-state index is 13.4. The predicted octanol–water partition coefficient (Wildman–Crippen LogP) is 1.65. The molecule has 0 aliphatic heterocycles. The van der Waals surface area contributed by atoms with Gasteiger partial charge in [-0.05, 0) is 12.1 Å². The van der Waals surface area contributed by atoms with Gasteiger partial charge in [0.15, 0.2) is 11.6 Å². The van der Waals surface area contributed by atoms with Gasteiger partial charge in [-0.1, -0.05) is 0 Å². The molecule has 0 aromatic carbocycles. The Balaban J connectivity index is 2.15. The summed E-state index contributed by atoms with van der Waals surface area (Å²) in [5, 5.41) is 0. The maximum Gasteiger partial charge on any atom is 0.165 e. The molecule has 0 atom stereocenters. The molecule has 0 saturated carbocycles. The SMILES string of the molecule is CN(Cc1cnccn1)c1ncccc1F. The highest BCUT2D eigenvalue weighted by molar-refractivity contribution is 5.38. The first-order valence-electron chi connectivity index (χ1n) is 4.84. The van der Waals surface area contributed by atoms with Crippen molar-refractivity contribution in [2.75, 3.05) is 11.9 Å². The lowest BCUT2D eigenvalue weighted by Crippen LogP contribution is -2.19. The third-order valence-corrected chi connectivity index (χ3v) is 2.12. The number of rotatable bonds is 3.